The quantitative estimate of drug-likeness (QED) is 0.140. The molecule has 0 amide bonds. The molecule has 0 aromatic carbocycles. The molecule has 0 bridgehead atoms. The first-order valence-corrected chi connectivity index (χ1v) is 10.3. The summed E-state index contributed by atoms with van der Waals surface area (Å²) in [5.41, 5.74) is 0. The third-order valence-corrected chi connectivity index (χ3v) is 4.34. The van der Waals surface area contributed by atoms with Gasteiger partial charge in [-0.15, -0.1) is 0 Å². The molecule has 1 aliphatic carbocycles. The molecule has 0 saturated heterocycles. The molecule has 1 aliphatic rings. The average Bonchev–Trinajstić information content (AvgIpc) is 2.32. The predicted octanol–water partition coefficient (Wildman–Crippen LogP) is -7.11. The number of aliphatic hydroxyl groups is 3. The minimum Gasteiger partial charge on any atom is -0.756 e. The second-order valence-corrected chi connectivity index (χ2v) is 8.16. The molecule has 19 heteroatoms. The summed E-state index contributed by atoms with van der Waals surface area (Å²) in [7, 11) is -16.6. The van der Waals surface area contributed by atoms with E-state index in [-0.39, 0.29) is 29.6 Å². The molecule has 0 aromatic rings. The summed E-state index contributed by atoms with van der Waals surface area (Å²) in [5.74, 6) is 0. The third-order valence-electron chi connectivity index (χ3n) is 2.79. The zero-order valence-corrected chi connectivity index (χ0v) is 16.9. The van der Waals surface area contributed by atoms with E-state index in [1.807, 2.05) is 0 Å². The van der Waals surface area contributed by atoms with E-state index in [9.17, 15) is 33.9 Å². The molecular formula is C6H14NaO15P3. The molecule has 1 fully saturated rings. The van der Waals surface area contributed by atoms with E-state index >= 15 is 0 Å². The Morgan fingerprint density at radius 3 is 1.28 bits per heavy atom. The Morgan fingerprint density at radius 2 is 0.960 bits per heavy atom. The van der Waals surface area contributed by atoms with Gasteiger partial charge < -0.3 is 49.2 Å². The predicted molar refractivity (Wildman–Crippen MR) is 66.6 cm³/mol. The van der Waals surface area contributed by atoms with Gasteiger partial charge in [0.1, 0.15) is 36.6 Å². The van der Waals surface area contributed by atoms with Gasteiger partial charge in [0.25, 0.3) is 7.82 Å². The molecule has 1 unspecified atom stereocenters. The summed E-state index contributed by atoms with van der Waals surface area (Å²) < 4.78 is 44.7. The fourth-order valence-corrected chi connectivity index (χ4v) is 3.67. The van der Waals surface area contributed by atoms with Crippen LogP contribution in [-0.2, 0) is 27.3 Å². The standard InChI is InChI=1S/C6H15O15P3.Na/c7-1-2(8)4(19-22(10,11)12)6(21-24(16,17)18)5(3(1)9)20-23(13,14)15;/h1-9H,(H2,10,11,12)(H2,13,14,15)(H2,16,17,18);/q;+1/p-1/t1-,2-,3+,4-,5-,6-;/m1./s1. The van der Waals surface area contributed by atoms with E-state index in [0.29, 0.717) is 0 Å². The van der Waals surface area contributed by atoms with E-state index in [1.165, 1.54) is 0 Å². The Hall–Kier alpha value is 1.21. The SMILES string of the molecule is O=P([O-])(O)O[C@@H]1[C@H](O)[C@@H](O)[C@H](O)[C@@H](OP(=O)(O)O)[C@@H]1OP(=O)(O)O.[Na+]. The van der Waals surface area contributed by atoms with Crippen molar-refractivity contribution in [2.45, 2.75) is 36.6 Å². The number of aliphatic hydroxyl groups excluding tert-OH is 3. The van der Waals surface area contributed by atoms with Gasteiger partial charge in [0.05, 0.1) is 0 Å². The van der Waals surface area contributed by atoms with Crippen molar-refractivity contribution in [2.75, 3.05) is 0 Å². The average molecular weight is 442 g/mol. The number of hydrogen-bond donors (Lipinski definition) is 8. The van der Waals surface area contributed by atoms with Gasteiger partial charge in [-0.05, 0) is 0 Å². The number of rotatable bonds is 6. The molecule has 25 heavy (non-hydrogen) atoms. The molecular weight excluding hydrogens is 428 g/mol. The van der Waals surface area contributed by atoms with Crippen molar-refractivity contribution < 1.29 is 102 Å². The number of phosphoric acid groups is 3. The van der Waals surface area contributed by atoms with Crippen LogP contribution in [0.5, 0.6) is 0 Å². The number of hydrogen-bond acceptors (Lipinski definition) is 10. The van der Waals surface area contributed by atoms with Crippen molar-refractivity contribution in [3.63, 3.8) is 0 Å². The van der Waals surface area contributed by atoms with Crippen molar-refractivity contribution in [1.82, 2.24) is 0 Å². The van der Waals surface area contributed by atoms with Gasteiger partial charge in [0, 0.05) is 0 Å². The van der Waals surface area contributed by atoms with Crippen LogP contribution >= 0.6 is 23.5 Å². The van der Waals surface area contributed by atoms with Crippen LogP contribution in [0.25, 0.3) is 0 Å². The normalized spacial score (nSPS) is 36.4. The largest absolute Gasteiger partial charge is 1.00 e. The topological polar surface area (TPSA) is 264 Å². The maximum absolute atomic E-state index is 10.9. The maximum Gasteiger partial charge on any atom is 1.00 e. The van der Waals surface area contributed by atoms with Crippen molar-refractivity contribution in [1.29, 1.82) is 0 Å². The van der Waals surface area contributed by atoms with Gasteiger partial charge in [-0.25, -0.2) is 9.13 Å². The first kappa shape index (κ1) is 26.2. The maximum atomic E-state index is 10.9. The van der Waals surface area contributed by atoms with Crippen LogP contribution in [0.2, 0.25) is 0 Å². The third kappa shape index (κ3) is 8.40. The molecule has 0 radical (unpaired) electrons. The molecule has 0 heterocycles. The van der Waals surface area contributed by atoms with E-state index in [4.69, 9.17) is 24.5 Å². The molecule has 15 nitrogen and oxygen atoms in total. The van der Waals surface area contributed by atoms with Gasteiger partial charge >= 0.3 is 45.2 Å². The zero-order chi connectivity index (χ0) is 19.1. The Labute approximate surface area is 161 Å². The van der Waals surface area contributed by atoms with Gasteiger partial charge in [-0.3, -0.25) is 13.6 Å². The van der Waals surface area contributed by atoms with Crippen LogP contribution in [-0.4, -0.2) is 76.4 Å². The fraction of sp³-hybridized carbons (Fsp3) is 1.00. The van der Waals surface area contributed by atoms with Crippen molar-refractivity contribution in [3.8, 4) is 0 Å². The molecule has 0 aliphatic heterocycles. The minimum atomic E-state index is -5.68. The first-order chi connectivity index (χ1) is 10.5. The van der Waals surface area contributed by atoms with Crippen LogP contribution in [0.1, 0.15) is 0 Å². The second kappa shape index (κ2) is 9.14. The van der Waals surface area contributed by atoms with Crippen molar-refractivity contribution in [3.05, 3.63) is 0 Å². The summed E-state index contributed by atoms with van der Waals surface area (Å²) in [6.45, 7) is 0. The Balaban J connectivity index is 0.00000576. The Kier molecular flexibility index (Phi) is 9.58. The van der Waals surface area contributed by atoms with E-state index in [0.717, 1.165) is 0 Å². The second-order valence-electron chi connectivity index (χ2n) is 4.63. The molecule has 0 spiro atoms. The Morgan fingerprint density at radius 1 is 0.640 bits per heavy atom. The van der Waals surface area contributed by atoms with Gasteiger partial charge in [0.15, 0.2) is 0 Å². The molecule has 1 saturated carbocycles. The van der Waals surface area contributed by atoms with E-state index in [1.54, 1.807) is 0 Å². The smallest absolute Gasteiger partial charge is 0.756 e. The Bertz CT molecular complexity index is 542. The van der Waals surface area contributed by atoms with Crippen molar-refractivity contribution >= 4 is 23.5 Å². The van der Waals surface area contributed by atoms with Gasteiger partial charge in [0.2, 0.25) is 0 Å². The monoisotopic (exact) mass is 442 g/mol. The first-order valence-electron chi connectivity index (χ1n) is 5.76. The molecule has 7 atom stereocenters. The number of phosphoric ester groups is 3. The van der Waals surface area contributed by atoms with Crippen LogP contribution in [0, 0.1) is 0 Å². The summed E-state index contributed by atoms with van der Waals surface area (Å²) in [6, 6.07) is 0. The zero-order valence-electron chi connectivity index (χ0n) is 12.2. The van der Waals surface area contributed by atoms with Crippen LogP contribution in [0.3, 0.4) is 0 Å². The molecule has 8 N–H and O–H groups in total. The minimum absolute atomic E-state index is 0. The summed E-state index contributed by atoms with van der Waals surface area (Å²) in [6.07, 6.45) is -14.6. The van der Waals surface area contributed by atoms with Gasteiger partial charge in [-0.1, -0.05) is 0 Å². The summed E-state index contributed by atoms with van der Waals surface area (Å²) in [5, 5.41) is 28.9. The van der Waals surface area contributed by atoms with E-state index < -0.39 is 60.1 Å². The van der Waals surface area contributed by atoms with Crippen LogP contribution in [0.4, 0.5) is 0 Å². The fourth-order valence-electron chi connectivity index (χ4n) is 2.00. The van der Waals surface area contributed by atoms with Crippen LogP contribution < -0.4 is 34.5 Å². The summed E-state index contributed by atoms with van der Waals surface area (Å²) >= 11 is 0. The van der Waals surface area contributed by atoms with E-state index in [2.05, 4.69) is 13.6 Å². The summed E-state index contributed by atoms with van der Waals surface area (Å²) in [4.78, 5) is 54.5. The molecule has 1 rings (SSSR count). The van der Waals surface area contributed by atoms with Gasteiger partial charge in [-0.2, -0.15) is 0 Å². The molecule has 144 valence electrons. The van der Waals surface area contributed by atoms with Crippen molar-refractivity contribution in [2.24, 2.45) is 0 Å². The molecule has 0 aromatic heterocycles. The van der Waals surface area contributed by atoms with Crippen LogP contribution in [0.15, 0.2) is 0 Å².